The van der Waals surface area contributed by atoms with Gasteiger partial charge >= 0.3 is 0 Å². The Balaban J connectivity index is 1.71. The van der Waals surface area contributed by atoms with E-state index in [2.05, 4.69) is 38.1 Å². The summed E-state index contributed by atoms with van der Waals surface area (Å²) in [7, 11) is 0. The minimum absolute atomic E-state index is 0.284. The molecule has 2 atom stereocenters. The molecule has 2 rings (SSSR count). The fourth-order valence-electron chi connectivity index (χ4n) is 3.30. The first-order chi connectivity index (χ1) is 11.3. The summed E-state index contributed by atoms with van der Waals surface area (Å²) < 4.78 is 11.9. The summed E-state index contributed by atoms with van der Waals surface area (Å²) >= 11 is 0. The Labute approximate surface area is 142 Å². The van der Waals surface area contributed by atoms with Crippen LogP contribution in [0.25, 0.3) is 0 Å². The van der Waals surface area contributed by atoms with Crippen LogP contribution in [0.5, 0.6) is 5.75 Å². The fraction of sp³-hybridized carbons (Fsp3) is 0.714. The summed E-state index contributed by atoms with van der Waals surface area (Å²) in [6.45, 7) is 6.24. The molecular formula is C21H34O2. The molecule has 2 heteroatoms. The Morgan fingerprint density at radius 1 is 0.957 bits per heavy atom. The van der Waals surface area contributed by atoms with Crippen LogP contribution in [0.1, 0.15) is 83.3 Å². The lowest BCUT2D eigenvalue weighted by Gasteiger charge is -2.29. The summed E-state index contributed by atoms with van der Waals surface area (Å²) in [5, 5.41) is 0. The van der Waals surface area contributed by atoms with E-state index in [-0.39, 0.29) is 6.10 Å². The first-order valence-corrected chi connectivity index (χ1v) is 9.67. The van der Waals surface area contributed by atoms with Gasteiger partial charge in [0.15, 0.2) is 0 Å². The van der Waals surface area contributed by atoms with E-state index >= 15 is 0 Å². The zero-order valence-electron chi connectivity index (χ0n) is 15.1. The Hall–Kier alpha value is -1.02. The lowest BCUT2D eigenvalue weighted by Crippen LogP contribution is -2.20. The molecule has 1 fully saturated rings. The van der Waals surface area contributed by atoms with Crippen molar-refractivity contribution in [2.75, 3.05) is 13.2 Å². The lowest BCUT2D eigenvalue weighted by atomic mass is 9.91. The highest BCUT2D eigenvalue weighted by atomic mass is 16.5. The number of hydrogen-bond donors (Lipinski definition) is 0. The number of hydrogen-bond acceptors (Lipinski definition) is 2. The second-order valence-corrected chi connectivity index (χ2v) is 6.89. The molecule has 0 amide bonds. The molecule has 0 saturated carbocycles. The predicted octanol–water partition coefficient (Wildman–Crippen LogP) is 6.30. The van der Waals surface area contributed by atoms with Crippen molar-refractivity contribution in [2.45, 2.75) is 77.7 Å². The SMILES string of the molecule is CCCCCOc1ccc(C2CCC(CCCCC)CO2)cc1. The van der Waals surface area contributed by atoms with Crippen molar-refractivity contribution >= 4 is 0 Å². The number of benzene rings is 1. The molecule has 1 aromatic carbocycles. The zero-order chi connectivity index (χ0) is 16.3. The van der Waals surface area contributed by atoms with Gasteiger partial charge in [-0.25, -0.2) is 0 Å². The molecule has 2 nitrogen and oxygen atoms in total. The quantitative estimate of drug-likeness (QED) is 0.471. The van der Waals surface area contributed by atoms with Gasteiger partial charge in [-0.15, -0.1) is 0 Å². The zero-order valence-corrected chi connectivity index (χ0v) is 15.1. The van der Waals surface area contributed by atoms with Gasteiger partial charge in [0.05, 0.1) is 19.3 Å². The maximum Gasteiger partial charge on any atom is 0.119 e. The second-order valence-electron chi connectivity index (χ2n) is 6.89. The van der Waals surface area contributed by atoms with E-state index in [9.17, 15) is 0 Å². The molecule has 1 aliphatic heterocycles. The second kappa shape index (κ2) is 10.7. The van der Waals surface area contributed by atoms with E-state index < -0.39 is 0 Å². The molecule has 0 bridgehead atoms. The summed E-state index contributed by atoms with van der Waals surface area (Å²) in [5.74, 6) is 1.76. The number of ether oxygens (including phenoxy) is 2. The molecule has 23 heavy (non-hydrogen) atoms. The maximum atomic E-state index is 6.12. The number of unbranched alkanes of at least 4 members (excludes halogenated alkanes) is 4. The Morgan fingerprint density at radius 2 is 1.70 bits per heavy atom. The highest BCUT2D eigenvalue weighted by Crippen LogP contribution is 2.33. The molecule has 0 aromatic heterocycles. The summed E-state index contributed by atoms with van der Waals surface area (Å²) in [4.78, 5) is 0. The average Bonchev–Trinajstić information content (AvgIpc) is 2.60. The summed E-state index contributed by atoms with van der Waals surface area (Å²) in [6, 6.07) is 8.55. The third-order valence-electron chi connectivity index (χ3n) is 4.85. The van der Waals surface area contributed by atoms with Gasteiger partial charge in [-0.2, -0.15) is 0 Å². The lowest BCUT2D eigenvalue weighted by molar-refractivity contribution is -0.0199. The van der Waals surface area contributed by atoms with Crippen molar-refractivity contribution in [1.82, 2.24) is 0 Å². The van der Waals surface area contributed by atoms with Crippen molar-refractivity contribution in [2.24, 2.45) is 5.92 Å². The van der Waals surface area contributed by atoms with E-state index in [1.165, 1.54) is 50.5 Å². The standard InChI is InChI=1S/C21H34O2/c1-3-5-7-9-18-10-15-21(23-17-18)19-11-13-20(14-12-19)22-16-8-6-4-2/h11-14,18,21H,3-10,15-17H2,1-2H3. The molecule has 2 unspecified atom stereocenters. The normalized spacial score (nSPS) is 21.3. The minimum atomic E-state index is 0.284. The average molecular weight is 319 g/mol. The Kier molecular flexibility index (Phi) is 8.52. The van der Waals surface area contributed by atoms with Gasteiger partial charge in [0.25, 0.3) is 0 Å². The van der Waals surface area contributed by atoms with E-state index in [4.69, 9.17) is 9.47 Å². The van der Waals surface area contributed by atoms with Crippen LogP contribution in [0, 0.1) is 5.92 Å². The molecule has 1 aromatic rings. The van der Waals surface area contributed by atoms with Crippen LogP contribution in [0.15, 0.2) is 24.3 Å². The topological polar surface area (TPSA) is 18.5 Å². The van der Waals surface area contributed by atoms with Gasteiger partial charge in [0.2, 0.25) is 0 Å². The van der Waals surface area contributed by atoms with Crippen molar-refractivity contribution < 1.29 is 9.47 Å². The molecule has 0 radical (unpaired) electrons. The predicted molar refractivity (Wildman–Crippen MR) is 97.0 cm³/mol. The maximum absolute atomic E-state index is 6.12. The van der Waals surface area contributed by atoms with Crippen LogP contribution in [0.2, 0.25) is 0 Å². The highest BCUT2D eigenvalue weighted by Gasteiger charge is 2.22. The molecule has 130 valence electrons. The van der Waals surface area contributed by atoms with Gasteiger partial charge in [-0.05, 0) is 49.3 Å². The first kappa shape index (κ1) is 18.3. The number of rotatable bonds is 10. The summed E-state index contributed by atoms with van der Waals surface area (Å²) in [6.07, 6.45) is 11.7. The molecular weight excluding hydrogens is 284 g/mol. The molecule has 1 saturated heterocycles. The first-order valence-electron chi connectivity index (χ1n) is 9.67. The van der Waals surface area contributed by atoms with Crippen LogP contribution in [-0.4, -0.2) is 13.2 Å². The summed E-state index contributed by atoms with van der Waals surface area (Å²) in [5.41, 5.74) is 1.30. The van der Waals surface area contributed by atoms with Crippen LogP contribution in [-0.2, 0) is 4.74 Å². The van der Waals surface area contributed by atoms with Gasteiger partial charge in [0.1, 0.15) is 5.75 Å². The molecule has 1 aliphatic rings. The molecule has 0 N–H and O–H groups in total. The smallest absolute Gasteiger partial charge is 0.119 e. The van der Waals surface area contributed by atoms with Crippen molar-refractivity contribution in [3.8, 4) is 5.75 Å². The van der Waals surface area contributed by atoms with Gasteiger partial charge in [-0.1, -0.05) is 58.1 Å². The van der Waals surface area contributed by atoms with Crippen LogP contribution >= 0.6 is 0 Å². The van der Waals surface area contributed by atoms with Gasteiger partial charge in [0, 0.05) is 0 Å². The minimum Gasteiger partial charge on any atom is -0.494 e. The monoisotopic (exact) mass is 318 g/mol. The molecule has 0 aliphatic carbocycles. The van der Waals surface area contributed by atoms with Crippen molar-refractivity contribution in [3.63, 3.8) is 0 Å². The third kappa shape index (κ3) is 6.55. The van der Waals surface area contributed by atoms with Crippen LogP contribution < -0.4 is 4.74 Å². The Bertz CT molecular complexity index is 404. The van der Waals surface area contributed by atoms with E-state index in [1.54, 1.807) is 0 Å². The highest BCUT2D eigenvalue weighted by molar-refractivity contribution is 5.28. The fourth-order valence-corrected chi connectivity index (χ4v) is 3.30. The van der Waals surface area contributed by atoms with Gasteiger partial charge < -0.3 is 9.47 Å². The Morgan fingerprint density at radius 3 is 2.35 bits per heavy atom. The largest absolute Gasteiger partial charge is 0.494 e. The molecule has 1 heterocycles. The van der Waals surface area contributed by atoms with Crippen LogP contribution in [0.4, 0.5) is 0 Å². The van der Waals surface area contributed by atoms with Crippen LogP contribution in [0.3, 0.4) is 0 Å². The third-order valence-corrected chi connectivity index (χ3v) is 4.85. The van der Waals surface area contributed by atoms with Gasteiger partial charge in [-0.3, -0.25) is 0 Å². The van der Waals surface area contributed by atoms with E-state index in [0.29, 0.717) is 0 Å². The van der Waals surface area contributed by atoms with Crippen molar-refractivity contribution in [3.05, 3.63) is 29.8 Å². The van der Waals surface area contributed by atoms with Crippen molar-refractivity contribution in [1.29, 1.82) is 0 Å². The van der Waals surface area contributed by atoms with E-state index in [1.807, 2.05) is 0 Å². The molecule has 0 spiro atoms. The van der Waals surface area contributed by atoms with E-state index in [0.717, 1.165) is 37.7 Å².